The number of nitrogens with zero attached hydrogens (tertiary/aromatic N) is 1. The fourth-order valence-corrected chi connectivity index (χ4v) is 2.08. The molecule has 0 bridgehead atoms. The van der Waals surface area contributed by atoms with Crippen molar-refractivity contribution in [3.63, 3.8) is 0 Å². The van der Waals surface area contributed by atoms with Crippen molar-refractivity contribution in [2.75, 3.05) is 32.8 Å². The number of hydrogen-bond acceptors (Lipinski definition) is 3. The van der Waals surface area contributed by atoms with Crippen LogP contribution >= 0.6 is 0 Å². The lowest BCUT2D eigenvalue weighted by Crippen LogP contribution is -2.55. The summed E-state index contributed by atoms with van der Waals surface area (Å²) in [4.78, 5) is 2.54. The lowest BCUT2D eigenvalue weighted by molar-refractivity contribution is 0.00582. The average Bonchev–Trinajstić information content (AvgIpc) is 2.35. The average molecular weight is 272 g/mol. The molecular weight excluding hydrogens is 236 g/mol. The van der Waals surface area contributed by atoms with Crippen LogP contribution in [0, 0.1) is 11.8 Å². The maximum absolute atomic E-state index is 6.04. The summed E-state index contributed by atoms with van der Waals surface area (Å²) >= 11 is 0. The molecule has 0 heterocycles. The summed E-state index contributed by atoms with van der Waals surface area (Å²) in [5.74, 6) is 1.46. The second-order valence-corrected chi connectivity index (χ2v) is 6.69. The summed E-state index contributed by atoms with van der Waals surface area (Å²) in [6, 6.07) is 0. The van der Waals surface area contributed by atoms with E-state index in [4.69, 9.17) is 10.5 Å². The number of ether oxygens (including phenoxy) is 1. The Kier molecular flexibility index (Phi) is 9.67. The van der Waals surface area contributed by atoms with Gasteiger partial charge >= 0.3 is 0 Å². The minimum absolute atomic E-state index is 0.0280. The van der Waals surface area contributed by atoms with Crippen LogP contribution in [-0.4, -0.2) is 43.3 Å². The number of hydrogen-bond donors (Lipinski definition) is 1. The lowest BCUT2D eigenvalue weighted by atomic mass is 9.98. The van der Waals surface area contributed by atoms with Crippen molar-refractivity contribution in [1.82, 2.24) is 4.90 Å². The molecule has 0 aliphatic heterocycles. The van der Waals surface area contributed by atoms with Gasteiger partial charge in [-0.3, -0.25) is 4.90 Å². The molecule has 0 saturated heterocycles. The van der Waals surface area contributed by atoms with E-state index in [2.05, 4.69) is 39.5 Å². The Hall–Kier alpha value is -0.120. The SMILES string of the molecule is CCOCC(C)(CN)N(CCC(C)C)CCC(C)C. The Bertz CT molecular complexity index is 207. The molecule has 0 aliphatic carbocycles. The molecule has 116 valence electrons. The zero-order valence-electron chi connectivity index (χ0n) is 14.0. The van der Waals surface area contributed by atoms with Gasteiger partial charge in [-0.1, -0.05) is 27.7 Å². The van der Waals surface area contributed by atoms with E-state index in [1.165, 1.54) is 12.8 Å². The topological polar surface area (TPSA) is 38.5 Å². The summed E-state index contributed by atoms with van der Waals surface area (Å²) in [5, 5.41) is 0. The van der Waals surface area contributed by atoms with E-state index in [-0.39, 0.29) is 5.54 Å². The summed E-state index contributed by atoms with van der Waals surface area (Å²) in [7, 11) is 0. The highest BCUT2D eigenvalue weighted by Gasteiger charge is 2.30. The summed E-state index contributed by atoms with van der Waals surface area (Å²) < 4.78 is 5.66. The first-order valence-corrected chi connectivity index (χ1v) is 7.88. The van der Waals surface area contributed by atoms with Crippen molar-refractivity contribution in [1.29, 1.82) is 0 Å². The minimum Gasteiger partial charge on any atom is -0.380 e. The molecule has 1 atom stereocenters. The third kappa shape index (κ3) is 7.91. The van der Waals surface area contributed by atoms with Crippen molar-refractivity contribution in [2.24, 2.45) is 17.6 Å². The van der Waals surface area contributed by atoms with Crippen LogP contribution in [0.1, 0.15) is 54.4 Å². The van der Waals surface area contributed by atoms with Gasteiger partial charge in [0.05, 0.1) is 12.1 Å². The van der Waals surface area contributed by atoms with E-state index >= 15 is 0 Å². The van der Waals surface area contributed by atoms with Crippen LogP contribution in [0.3, 0.4) is 0 Å². The van der Waals surface area contributed by atoms with Crippen LogP contribution in [0.25, 0.3) is 0 Å². The van der Waals surface area contributed by atoms with Crippen LogP contribution in [0.15, 0.2) is 0 Å². The standard InChI is InChI=1S/C16H36N2O/c1-7-19-13-16(6,12-17)18(10-8-14(2)3)11-9-15(4)5/h14-15H,7-13,17H2,1-6H3. The Morgan fingerprint density at radius 1 is 1.05 bits per heavy atom. The third-order valence-electron chi connectivity index (χ3n) is 3.77. The van der Waals surface area contributed by atoms with Gasteiger partial charge in [0.15, 0.2) is 0 Å². The Morgan fingerprint density at radius 2 is 1.53 bits per heavy atom. The number of rotatable bonds is 11. The van der Waals surface area contributed by atoms with Crippen molar-refractivity contribution in [2.45, 2.75) is 59.9 Å². The van der Waals surface area contributed by atoms with Crippen molar-refractivity contribution >= 4 is 0 Å². The third-order valence-corrected chi connectivity index (χ3v) is 3.77. The zero-order chi connectivity index (χ0) is 14.9. The second-order valence-electron chi connectivity index (χ2n) is 6.69. The molecule has 3 nitrogen and oxygen atoms in total. The molecule has 2 N–H and O–H groups in total. The highest BCUT2D eigenvalue weighted by Crippen LogP contribution is 2.18. The molecule has 0 amide bonds. The predicted molar refractivity (Wildman–Crippen MR) is 84.4 cm³/mol. The van der Waals surface area contributed by atoms with E-state index in [0.29, 0.717) is 6.54 Å². The van der Waals surface area contributed by atoms with E-state index in [0.717, 1.165) is 38.1 Å². The van der Waals surface area contributed by atoms with Crippen molar-refractivity contribution in [3.8, 4) is 0 Å². The van der Waals surface area contributed by atoms with Crippen LogP contribution < -0.4 is 5.73 Å². The smallest absolute Gasteiger partial charge is 0.0659 e. The lowest BCUT2D eigenvalue weighted by Gasteiger charge is -2.41. The first-order valence-electron chi connectivity index (χ1n) is 7.88. The van der Waals surface area contributed by atoms with Gasteiger partial charge in [0, 0.05) is 13.2 Å². The summed E-state index contributed by atoms with van der Waals surface area (Å²) in [5.41, 5.74) is 6.01. The molecule has 19 heavy (non-hydrogen) atoms. The summed E-state index contributed by atoms with van der Waals surface area (Å²) in [6.45, 7) is 17.8. The zero-order valence-corrected chi connectivity index (χ0v) is 14.0. The normalized spacial score (nSPS) is 15.5. The second kappa shape index (κ2) is 9.73. The van der Waals surface area contributed by atoms with Gasteiger partial charge in [-0.15, -0.1) is 0 Å². The van der Waals surface area contributed by atoms with E-state index in [1.807, 2.05) is 6.92 Å². The largest absolute Gasteiger partial charge is 0.380 e. The first-order chi connectivity index (χ1) is 8.85. The van der Waals surface area contributed by atoms with Crippen molar-refractivity contribution in [3.05, 3.63) is 0 Å². The molecule has 0 aromatic heterocycles. The molecule has 3 heteroatoms. The molecule has 0 aliphatic rings. The Balaban J connectivity index is 4.63. The fourth-order valence-electron chi connectivity index (χ4n) is 2.08. The highest BCUT2D eigenvalue weighted by molar-refractivity contribution is 4.87. The maximum Gasteiger partial charge on any atom is 0.0659 e. The molecular formula is C16H36N2O. The molecule has 0 rings (SSSR count). The molecule has 1 unspecified atom stereocenters. The van der Waals surface area contributed by atoms with E-state index in [9.17, 15) is 0 Å². The van der Waals surface area contributed by atoms with Gasteiger partial charge in [-0.25, -0.2) is 0 Å². The fraction of sp³-hybridized carbons (Fsp3) is 1.00. The van der Waals surface area contributed by atoms with E-state index < -0.39 is 0 Å². The van der Waals surface area contributed by atoms with Gasteiger partial charge in [0.25, 0.3) is 0 Å². The van der Waals surface area contributed by atoms with Crippen LogP contribution in [-0.2, 0) is 4.74 Å². The Morgan fingerprint density at radius 3 is 1.84 bits per heavy atom. The van der Waals surface area contributed by atoms with Crippen LogP contribution in [0.2, 0.25) is 0 Å². The molecule has 0 saturated carbocycles. The minimum atomic E-state index is -0.0280. The molecule has 0 fully saturated rings. The van der Waals surface area contributed by atoms with Gasteiger partial charge in [0.1, 0.15) is 0 Å². The number of nitrogens with two attached hydrogens (primary N) is 1. The van der Waals surface area contributed by atoms with Gasteiger partial charge in [-0.05, 0) is 51.6 Å². The molecule has 0 radical (unpaired) electrons. The molecule has 0 aromatic carbocycles. The van der Waals surface area contributed by atoms with Crippen molar-refractivity contribution < 1.29 is 4.74 Å². The first kappa shape index (κ1) is 18.9. The van der Waals surface area contributed by atoms with Gasteiger partial charge in [-0.2, -0.15) is 0 Å². The predicted octanol–water partition coefficient (Wildman–Crippen LogP) is 3.13. The van der Waals surface area contributed by atoms with Crippen LogP contribution in [0.5, 0.6) is 0 Å². The van der Waals surface area contributed by atoms with Gasteiger partial charge in [0.2, 0.25) is 0 Å². The molecule has 0 aromatic rings. The summed E-state index contributed by atoms with van der Waals surface area (Å²) in [6.07, 6.45) is 2.44. The van der Waals surface area contributed by atoms with E-state index in [1.54, 1.807) is 0 Å². The van der Waals surface area contributed by atoms with Gasteiger partial charge < -0.3 is 10.5 Å². The highest BCUT2D eigenvalue weighted by atomic mass is 16.5. The van der Waals surface area contributed by atoms with Crippen LogP contribution in [0.4, 0.5) is 0 Å². The Labute approximate surface area is 120 Å². The monoisotopic (exact) mass is 272 g/mol. The molecule has 0 spiro atoms. The maximum atomic E-state index is 6.04. The quantitative estimate of drug-likeness (QED) is 0.628.